The lowest BCUT2D eigenvalue weighted by Gasteiger charge is -2.00. The summed E-state index contributed by atoms with van der Waals surface area (Å²) in [5, 5.41) is 13.8. The molecule has 5 rings (SSSR count). The van der Waals surface area contributed by atoms with Crippen molar-refractivity contribution in [2.24, 2.45) is 0 Å². The number of methoxy groups -OCH3 is 1. The van der Waals surface area contributed by atoms with Crippen LogP contribution in [0.2, 0.25) is 0 Å². The Labute approximate surface area is 164 Å². The summed E-state index contributed by atoms with van der Waals surface area (Å²) in [6.07, 6.45) is 1.53. The number of rotatable bonds is 4. The van der Waals surface area contributed by atoms with E-state index in [1.54, 1.807) is 18.4 Å². The normalized spacial score (nSPS) is 11.0. The van der Waals surface area contributed by atoms with Crippen LogP contribution >= 0.6 is 11.3 Å². The monoisotopic (exact) mass is 386 g/mol. The zero-order valence-corrected chi connectivity index (χ0v) is 15.7. The molecule has 0 aliphatic rings. The number of nitrogens with zero attached hydrogens (tertiary/aromatic N) is 6. The van der Waals surface area contributed by atoms with E-state index >= 15 is 0 Å². The fourth-order valence-corrected chi connectivity index (χ4v) is 3.93. The van der Waals surface area contributed by atoms with Gasteiger partial charge in [0.25, 0.3) is 0 Å². The van der Waals surface area contributed by atoms with Gasteiger partial charge in [0.1, 0.15) is 16.9 Å². The van der Waals surface area contributed by atoms with Crippen LogP contribution in [-0.4, -0.2) is 37.3 Å². The minimum atomic E-state index is 0.504. The summed E-state index contributed by atoms with van der Waals surface area (Å²) in [7, 11) is 1.63. The van der Waals surface area contributed by atoms with Crippen molar-refractivity contribution >= 4 is 21.6 Å². The van der Waals surface area contributed by atoms with Crippen molar-refractivity contribution in [3.8, 4) is 33.4 Å². The van der Waals surface area contributed by atoms with Gasteiger partial charge in [-0.25, -0.2) is 9.97 Å². The fourth-order valence-electron chi connectivity index (χ4n) is 2.93. The van der Waals surface area contributed by atoms with Gasteiger partial charge in [-0.1, -0.05) is 42.5 Å². The predicted octanol–water partition coefficient (Wildman–Crippen LogP) is 4.01. The smallest absolute Gasteiger partial charge is 0.205 e. The zero-order chi connectivity index (χ0) is 18.9. The van der Waals surface area contributed by atoms with Crippen molar-refractivity contribution in [2.45, 2.75) is 0 Å². The molecule has 0 radical (unpaired) electrons. The third kappa shape index (κ3) is 2.89. The molecular weight excluding hydrogens is 372 g/mol. The quantitative estimate of drug-likeness (QED) is 0.464. The maximum atomic E-state index is 5.27. The minimum Gasteiger partial charge on any atom is -0.497 e. The Bertz CT molecular complexity index is 1260. The molecule has 2 aromatic carbocycles. The lowest BCUT2D eigenvalue weighted by atomic mass is 10.2. The number of hydrogen-bond donors (Lipinski definition) is 0. The highest BCUT2D eigenvalue weighted by molar-refractivity contribution is 7.21. The third-order valence-corrected chi connectivity index (χ3v) is 5.39. The average Bonchev–Trinajstić information content (AvgIpc) is 3.42. The first kappa shape index (κ1) is 16.5. The fraction of sp³-hybridized carbons (Fsp3) is 0.0500. The van der Waals surface area contributed by atoms with E-state index < -0.39 is 0 Å². The van der Waals surface area contributed by atoms with Gasteiger partial charge in [0.15, 0.2) is 5.82 Å². The van der Waals surface area contributed by atoms with E-state index in [0.717, 1.165) is 32.0 Å². The minimum absolute atomic E-state index is 0.504. The molecule has 0 spiro atoms. The molecule has 0 unspecified atom stereocenters. The summed E-state index contributed by atoms with van der Waals surface area (Å²) in [4.78, 5) is 12.2. The molecule has 7 nitrogen and oxygen atoms in total. The zero-order valence-electron chi connectivity index (χ0n) is 14.9. The first-order valence-electron chi connectivity index (χ1n) is 8.56. The van der Waals surface area contributed by atoms with E-state index in [1.807, 2.05) is 42.5 Å². The summed E-state index contributed by atoms with van der Waals surface area (Å²) in [5.41, 5.74) is 1.96. The number of ether oxygens (including phenoxy) is 1. The second kappa shape index (κ2) is 6.82. The van der Waals surface area contributed by atoms with Gasteiger partial charge in [-0.15, -0.1) is 26.3 Å². The number of hydrogen-bond acceptors (Lipinski definition) is 7. The number of benzene rings is 2. The van der Waals surface area contributed by atoms with Crippen LogP contribution in [0.25, 0.3) is 37.9 Å². The molecule has 0 atom stereocenters. The molecule has 0 aliphatic carbocycles. The number of tetrazole rings is 1. The molecule has 0 amide bonds. The third-order valence-electron chi connectivity index (χ3n) is 4.30. The van der Waals surface area contributed by atoms with Gasteiger partial charge in [0.05, 0.1) is 12.5 Å². The van der Waals surface area contributed by atoms with Crippen LogP contribution in [0.5, 0.6) is 5.75 Å². The highest BCUT2D eigenvalue weighted by Gasteiger charge is 2.15. The van der Waals surface area contributed by atoms with E-state index in [4.69, 9.17) is 4.74 Å². The standard InChI is InChI=1S/C20H14N6OS/c1-27-15-9-5-8-14(10-15)18-23-25-26(24-18)19-16-11-17(13-6-3-2-4-7-13)28-20(16)22-12-21-19/h2-12H,1H3. The van der Waals surface area contributed by atoms with Crippen molar-refractivity contribution < 1.29 is 4.74 Å². The Kier molecular flexibility index (Phi) is 4.02. The van der Waals surface area contributed by atoms with E-state index in [1.165, 1.54) is 11.1 Å². The lowest BCUT2D eigenvalue weighted by Crippen LogP contribution is -2.02. The van der Waals surface area contributed by atoms with Crippen molar-refractivity contribution in [1.29, 1.82) is 0 Å². The van der Waals surface area contributed by atoms with E-state index in [0.29, 0.717) is 11.6 Å². The van der Waals surface area contributed by atoms with Crippen molar-refractivity contribution in [3.63, 3.8) is 0 Å². The van der Waals surface area contributed by atoms with Crippen molar-refractivity contribution in [3.05, 3.63) is 67.0 Å². The van der Waals surface area contributed by atoms with Gasteiger partial charge in [-0.05, 0) is 29.0 Å². The first-order valence-corrected chi connectivity index (χ1v) is 9.38. The molecule has 0 N–H and O–H groups in total. The van der Waals surface area contributed by atoms with Crippen LogP contribution < -0.4 is 4.74 Å². The Morgan fingerprint density at radius 1 is 0.929 bits per heavy atom. The number of aromatic nitrogens is 6. The largest absolute Gasteiger partial charge is 0.497 e. The summed E-state index contributed by atoms with van der Waals surface area (Å²) in [5.74, 6) is 1.85. The summed E-state index contributed by atoms with van der Waals surface area (Å²) >= 11 is 1.61. The maximum absolute atomic E-state index is 5.27. The van der Waals surface area contributed by atoms with Gasteiger partial charge in [0.2, 0.25) is 5.82 Å². The molecule has 0 fully saturated rings. The molecule has 136 valence electrons. The van der Waals surface area contributed by atoms with Crippen LogP contribution in [0.15, 0.2) is 67.0 Å². The Morgan fingerprint density at radius 3 is 2.64 bits per heavy atom. The van der Waals surface area contributed by atoms with Crippen LogP contribution in [0.3, 0.4) is 0 Å². The van der Waals surface area contributed by atoms with Crippen LogP contribution in [0.1, 0.15) is 0 Å². The van der Waals surface area contributed by atoms with E-state index in [9.17, 15) is 0 Å². The highest BCUT2D eigenvalue weighted by Crippen LogP contribution is 2.34. The van der Waals surface area contributed by atoms with Crippen molar-refractivity contribution in [1.82, 2.24) is 30.2 Å². The molecule has 5 aromatic rings. The second-order valence-electron chi connectivity index (χ2n) is 6.03. The molecule has 0 saturated carbocycles. The van der Waals surface area contributed by atoms with E-state index in [-0.39, 0.29) is 0 Å². The molecule has 0 bridgehead atoms. The molecule has 28 heavy (non-hydrogen) atoms. The molecule has 3 aromatic heterocycles. The Balaban J connectivity index is 1.58. The van der Waals surface area contributed by atoms with Gasteiger partial charge < -0.3 is 4.74 Å². The number of thiophene rings is 1. The average molecular weight is 386 g/mol. The predicted molar refractivity (Wildman–Crippen MR) is 108 cm³/mol. The highest BCUT2D eigenvalue weighted by atomic mass is 32.1. The molecule has 0 saturated heterocycles. The topological polar surface area (TPSA) is 78.6 Å². The second-order valence-corrected chi connectivity index (χ2v) is 7.06. The van der Waals surface area contributed by atoms with Crippen LogP contribution in [-0.2, 0) is 0 Å². The summed E-state index contributed by atoms with van der Waals surface area (Å²) in [6.45, 7) is 0. The van der Waals surface area contributed by atoms with Crippen molar-refractivity contribution in [2.75, 3.05) is 7.11 Å². The first-order chi connectivity index (χ1) is 13.8. The van der Waals surface area contributed by atoms with Gasteiger partial charge in [0, 0.05) is 10.4 Å². The number of fused-ring (bicyclic) bond motifs is 1. The van der Waals surface area contributed by atoms with Crippen LogP contribution in [0, 0.1) is 0 Å². The van der Waals surface area contributed by atoms with Crippen LogP contribution in [0.4, 0.5) is 0 Å². The summed E-state index contributed by atoms with van der Waals surface area (Å²) in [6, 6.07) is 19.8. The molecular formula is C20H14N6OS. The maximum Gasteiger partial charge on any atom is 0.205 e. The molecule has 8 heteroatoms. The summed E-state index contributed by atoms with van der Waals surface area (Å²) < 4.78 is 5.27. The Hall–Kier alpha value is -3.65. The van der Waals surface area contributed by atoms with Gasteiger partial charge in [-0.2, -0.15) is 0 Å². The van der Waals surface area contributed by atoms with E-state index in [2.05, 4.69) is 43.6 Å². The molecule has 3 heterocycles. The van der Waals surface area contributed by atoms with Gasteiger partial charge >= 0.3 is 0 Å². The molecule has 0 aliphatic heterocycles. The Morgan fingerprint density at radius 2 is 1.79 bits per heavy atom. The lowest BCUT2D eigenvalue weighted by molar-refractivity contribution is 0.415. The van der Waals surface area contributed by atoms with Gasteiger partial charge in [-0.3, -0.25) is 0 Å². The SMILES string of the molecule is COc1cccc(-c2nnn(-c3ncnc4sc(-c5ccccc5)cc34)n2)c1.